The Hall–Kier alpha value is -4.77. The molecule has 0 saturated heterocycles. The van der Waals surface area contributed by atoms with Crippen molar-refractivity contribution in [2.45, 2.75) is 0 Å². The Labute approximate surface area is 213 Å². The third kappa shape index (κ3) is 3.01. The van der Waals surface area contributed by atoms with Gasteiger partial charge in [0.1, 0.15) is 7.05 Å². The van der Waals surface area contributed by atoms with Crippen LogP contribution in [0.5, 0.6) is 23.0 Å². The van der Waals surface area contributed by atoms with Crippen LogP contribution in [-0.4, -0.2) is 13.6 Å². The second-order valence-electron chi connectivity index (χ2n) is 9.52. The van der Waals surface area contributed by atoms with E-state index in [0.717, 1.165) is 66.6 Å². The van der Waals surface area contributed by atoms with Gasteiger partial charge in [-0.05, 0) is 46.3 Å². The van der Waals surface area contributed by atoms with Crippen molar-refractivity contribution >= 4 is 32.4 Å². The zero-order valence-electron chi connectivity index (χ0n) is 20.2. The molecule has 3 heterocycles. The second-order valence-corrected chi connectivity index (χ2v) is 9.52. The van der Waals surface area contributed by atoms with Gasteiger partial charge in [0.25, 0.3) is 0 Å². The van der Waals surface area contributed by atoms with Gasteiger partial charge in [-0.15, -0.1) is 0 Å². The molecule has 0 saturated carbocycles. The standard InChI is InChI=1S/C32H22NO4/c1-33-16-27-26(23-12-11-22-13-28-29(35-17-34-28)15-24(22)30(23)33)14-25(31-32(27)37-18-36-31)21-9-7-20(8-10-21)19-5-3-2-4-6-19/h2-16H,17-18H2,1H3/q+1. The fourth-order valence-electron chi connectivity index (χ4n) is 5.68. The van der Waals surface area contributed by atoms with Gasteiger partial charge >= 0.3 is 0 Å². The van der Waals surface area contributed by atoms with Crippen molar-refractivity contribution < 1.29 is 23.5 Å². The minimum atomic E-state index is 0.215. The van der Waals surface area contributed by atoms with Gasteiger partial charge in [0.15, 0.2) is 29.2 Å². The van der Waals surface area contributed by atoms with Crippen LogP contribution >= 0.6 is 0 Å². The van der Waals surface area contributed by atoms with Crippen molar-refractivity contribution in [3.63, 3.8) is 0 Å². The number of aromatic nitrogens is 1. The lowest BCUT2D eigenvalue weighted by Gasteiger charge is -2.12. The summed E-state index contributed by atoms with van der Waals surface area (Å²) in [6, 6.07) is 29.8. The topological polar surface area (TPSA) is 40.8 Å². The monoisotopic (exact) mass is 484 g/mol. The maximum Gasteiger partial charge on any atom is 0.231 e. The van der Waals surface area contributed by atoms with Crippen LogP contribution in [0.1, 0.15) is 0 Å². The third-order valence-corrected chi connectivity index (χ3v) is 7.43. The zero-order valence-corrected chi connectivity index (χ0v) is 20.2. The van der Waals surface area contributed by atoms with E-state index in [1.165, 1.54) is 11.1 Å². The van der Waals surface area contributed by atoms with Crippen molar-refractivity contribution in [3.8, 4) is 45.3 Å². The normalized spacial score (nSPS) is 13.6. The molecule has 0 fully saturated rings. The molecule has 178 valence electrons. The highest BCUT2D eigenvalue weighted by Gasteiger charge is 2.27. The summed E-state index contributed by atoms with van der Waals surface area (Å²) in [6.07, 6.45) is 2.14. The maximum absolute atomic E-state index is 6.05. The van der Waals surface area contributed by atoms with Crippen molar-refractivity contribution in [1.82, 2.24) is 0 Å². The number of hydrogen-bond donors (Lipinski definition) is 0. The Balaban J connectivity index is 1.38. The molecule has 0 bridgehead atoms. The number of pyridine rings is 1. The van der Waals surface area contributed by atoms with Gasteiger partial charge < -0.3 is 18.9 Å². The number of fused-ring (bicyclic) bond motifs is 8. The molecule has 0 radical (unpaired) electrons. The minimum Gasteiger partial charge on any atom is -0.454 e. The van der Waals surface area contributed by atoms with Crippen LogP contribution in [0.3, 0.4) is 0 Å². The van der Waals surface area contributed by atoms with E-state index in [1.54, 1.807) is 0 Å². The largest absolute Gasteiger partial charge is 0.454 e. The van der Waals surface area contributed by atoms with Crippen LogP contribution in [0.25, 0.3) is 54.7 Å². The molecule has 0 atom stereocenters. The summed E-state index contributed by atoms with van der Waals surface area (Å²) in [4.78, 5) is 0. The highest BCUT2D eigenvalue weighted by Crippen LogP contribution is 2.48. The highest BCUT2D eigenvalue weighted by molar-refractivity contribution is 6.16. The molecule has 5 nitrogen and oxygen atoms in total. The first-order valence-electron chi connectivity index (χ1n) is 12.3. The smallest absolute Gasteiger partial charge is 0.231 e. The number of hydrogen-bond acceptors (Lipinski definition) is 4. The Morgan fingerprint density at radius 3 is 2.11 bits per heavy atom. The average Bonchev–Trinajstić information content (AvgIpc) is 3.62. The Morgan fingerprint density at radius 2 is 1.27 bits per heavy atom. The molecule has 6 aromatic rings. The number of benzene rings is 5. The molecular formula is C32H22NO4+. The van der Waals surface area contributed by atoms with Gasteiger partial charge in [0.2, 0.25) is 19.1 Å². The molecule has 0 spiro atoms. The van der Waals surface area contributed by atoms with Crippen molar-refractivity contribution in [2.24, 2.45) is 7.05 Å². The zero-order chi connectivity index (χ0) is 24.5. The number of aryl methyl sites for hydroxylation is 1. The van der Waals surface area contributed by atoms with Crippen LogP contribution < -0.4 is 23.5 Å². The van der Waals surface area contributed by atoms with E-state index < -0.39 is 0 Å². The quantitative estimate of drug-likeness (QED) is 0.201. The van der Waals surface area contributed by atoms with E-state index in [9.17, 15) is 0 Å². The molecule has 1 aromatic heterocycles. The lowest BCUT2D eigenvalue weighted by Crippen LogP contribution is -2.28. The van der Waals surface area contributed by atoms with E-state index in [4.69, 9.17) is 18.9 Å². The molecule has 2 aliphatic heterocycles. The van der Waals surface area contributed by atoms with Gasteiger partial charge in [-0.2, -0.15) is 4.57 Å². The molecule has 0 unspecified atom stereocenters. The molecular weight excluding hydrogens is 462 g/mol. The summed E-state index contributed by atoms with van der Waals surface area (Å²) >= 11 is 0. The maximum atomic E-state index is 6.05. The van der Waals surface area contributed by atoms with Crippen LogP contribution in [0.4, 0.5) is 0 Å². The summed E-state index contributed by atoms with van der Waals surface area (Å²) < 4.78 is 25.5. The predicted molar refractivity (Wildman–Crippen MR) is 143 cm³/mol. The van der Waals surface area contributed by atoms with Crippen molar-refractivity contribution in [3.05, 3.63) is 91.1 Å². The first-order chi connectivity index (χ1) is 18.2. The summed E-state index contributed by atoms with van der Waals surface area (Å²) in [5, 5.41) is 5.54. The van der Waals surface area contributed by atoms with Crippen molar-refractivity contribution in [1.29, 1.82) is 0 Å². The van der Waals surface area contributed by atoms with E-state index in [-0.39, 0.29) is 13.6 Å². The van der Waals surface area contributed by atoms with E-state index in [2.05, 4.69) is 96.7 Å². The van der Waals surface area contributed by atoms with Gasteiger partial charge in [-0.25, -0.2) is 0 Å². The predicted octanol–water partition coefficient (Wildman–Crippen LogP) is 6.76. The summed E-state index contributed by atoms with van der Waals surface area (Å²) in [7, 11) is 2.07. The van der Waals surface area contributed by atoms with Crippen molar-refractivity contribution in [2.75, 3.05) is 13.6 Å². The third-order valence-electron chi connectivity index (χ3n) is 7.43. The van der Waals surface area contributed by atoms with Crippen LogP contribution in [0.15, 0.2) is 91.1 Å². The van der Waals surface area contributed by atoms with Crippen LogP contribution in [0.2, 0.25) is 0 Å². The summed E-state index contributed by atoms with van der Waals surface area (Å²) in [5.41, 5.74) is 5.63. The highest BCUT2D eigenvalue weighted by atomic mass is 16.7. The fraction of sp³-hybridized carbons (Fsp3) is 0.0938. The summed E-state index contributed by atoms with van der Waals surface area (Å²) in [6.45, 7) is 0.473. The molecule has 8 rings (SSSR count). The number of nitrogens with zero attached hydrogens (tertiary/aromatic N) is 1. The molecule has 0 amide bonds. The van der Waals surface area contributed by atoms with E-state index >= 15 is 0 Å². The molecule has 0 aliphatic carbocycles. The second kappa shape index (κ2) is 7.61. The van der Waals surface area contributed by atoms with Gasteiger partial charge in [0.05, 0.1) is 16.2 Å². The first kappa shape index (κ1) is 20.4. The lowest BCUT2D eigenvalue weighted by molar-refractivity contribution is -0.642. The van der Waals surface area contributed by atoms with E-state index in [1.807, 2.05) is 6.07 Å². The van der Waals surface area contributed by atoms with Crippen LogP contribution in [-0.2, 0) is 7.05 Å². The SMILES string of the molecule is C[n+]1cc2c3c(c(-c4ccc(-c5ccccc5)cc4)cc2c2ccc4cc5c(cc4c21)OCO5)OCO3. The lowest BCUT2D eigenvalue weighted by atomic mass is 9.94. The molecule has 2 aliphatic rings. The fourth-order valence-corrected chi connectivity index (χ4v) is 5.68. The molecule has 5 heteroatoms. The molecule has 0 N–H and O–H groups in total. The van der Waals surface area contributed by atoms with Gasteiger partial charge in [0, 0.05) is 10.9 Å². The summed E-state index contributed by atoms with van der Waals surface area (Å²) in [5.74, 6) is 3.16. The average molecular weight is 485 g/mol. The Kier molecular flexibility index (Phi) is 4.20. The minimum absolute atomic E-state index is 0.215. The van der Waals surface area contributed by atoms with Crippen LogP contribution in [0, 0.1) is 0 Å². The molecule has 37 heavy (non-hydrogen) atoms. The first-order valence-corrected chi connectivity index (χ1v) is 12.3. The Morgan fingerprint density at radius 1 is 0.568 bits per heavy atom. The van der Waals surface area contributed by atoms with E-state index in [0.29, 0.717) is 0 Å². The van der Waals surface area contributed by atoms with Gasteiger partial charge in [-0.1, -0.05) is 60.7 Å². The number of rotatable bonds is 2. The molecule has 5 aromatic carbocycles. The number of ether oxygens (including phenoxy) is 4. The van der Waals surface area contributed by atoms with Gasteiger partial charge in [-0.3, -0.25) is 0 Å². The Bertz CT molecular complexity index is 1880.